The van der Waals surface area contributed by atoms with Crippen LogP contribution in [0.2, 0.25) is 5.02 Å². The number of fused-ring (bicyclic) bond motifs is 1. The van der Waals surface area contributed by atoms with Crippen LogP contribution >= 0.6 is 11.6 Å². The molecule has 0 spiro atoms. The summed E-state index contributed by atoms with van der Waals surface area (Å²) < 4.78 is 11.0. The lowest BCUT2D eigenvalue weighted by molar-refractivity contribution is 0.352. The highest BCUT2D eigenvalue weighted by atomic mass is 35.5. The molecule has 2 N–H and O–H groups in total. The molecule has 1 atom stereocenters. The van der Waals surface area contributed by atoms with Crippen LogP contribution in [-0.2, 0) is 6.42 Å². The molecule has 0 saturated heterocycles. The number of aryl methyl sites for hydroxylation is 1. The number of hydrogen-bond acceptors (Lipinski definition) is 3. The fraction of sp³-hybridized carbons (Fsp3) is 0.286. The minimum Gasteiger partial charge on any atom is -0.493 e. The molecule has 0 saturated carbocycles. The molecule has 2 aromatic rings. The maximum atomic E-state index is 6.30. The average molecular weight is 264 g/mol. The van der Waals surface area contributed by atoms with Gasteiger partial charge in [-0.1, -0.05) is 11.6 Å². The van der Waals surface area contributed by atoms with Crippen molar-refractivity contribution < 1.29 is 9.15 Å². The lowest BCUT2D eigenvalue weighted by Gasteiger charge is -2.15. The maximum absolute atomic E-state index is 6.30. The van der Waals surface area contributed by atoms with E-state index in [2.05, 4.69) is 0 Å². The zero-order valence-corrected chi connectivity index (χ0v) is 10.8. The topological polar surface area (TPSA) is 48.4 Å². The van der Waals surface area contributed by atoms with Gasteiger partial charge in [-0.25, -0.2) is 0 Å². The number of benzene rings is 1. The van der Waals surface area contributed by atoms with E-state index in [0.717, 1.165) is 34.6 Å². The Morgan fingerprint density at radius 1 is 1.33 bits per heavy atom. The van der Waals surface area contributed by atoms with Gasteiger partial charge in [0.2, 0.25) is 0 Å². The fourth-order valence-corrected chi connectivity index (χ4v) is 2.66. The Kier molecular flexibility index (Phi) is 2.80. The number of hydrogen-bond donors (Lipinski definition) is 1. The monoisotopic (exact) mass is 263 g/mol. The van der Waals surface area contributed by atoms with Gasteiger partial charge in [0.25, 0.3) is 0 Å². The predicted molar refractivity (Wildman–Crippen MR) is 70.1 cm³/mol. The van der Waals surface area contributed by atoms with Crippen LogP contribution < -0.4 is 10.5 Å². The van der Waals surface area contributed by atoms with Gasteiger partial charge in [0.05, 0.1) is 18.9 Å². The zero-order chi connectivity index (χ0) is 12.7. The predicted octanol–water partition coefficient (Wildman–Crippen LogP) is 3.22. The molecule has 0 bridgehead atoms. The number of furan rings is 1. The molecule has 0 fully saturated rings. The number of halogens is 1. The van der Waals surface area contributed by atoms with Crippen LogP contribution in [0.3, 0.4) is 0 Å². The van der Waals surface area contributed by atoms with Gasteiger partial charge < -0.3 is 14.9 Å². The van der Waals surface area contributed by atoms with Crippen molar-refractivity contribution in [1.29, 1.82) is 0 Å². The van der Waals surface area contributed by atoms with Gasteiger partial charge in [-0.15, -0.1) is 0 Å². The summed E-state index contributed by atoms with van der Waals surface area (Å²) in [7, 11) is 0. The van der Waals surface area contributed by atoms with Gasteiger partial charge in [-0.2, -0.15) is 0 Å². The highest BCUT2D eigenvalue weighted by Gasteiger charge is 2.23. The third-order valence-corrected chi connectivity index (χ3v) is 3.56. The first-order valence-corrected chi connectivity index (χ1v) is 6.29. The second kappa shape index (κ2) is 4.34. The van der Waals surface area contributed by atoms with Crippen LogP contribution in [0.15, 0.2) is 28.9 Å². The molecule has 0 radical (unpaired) electrons. The molecule has 1 aromatic heterocycles. The summed E-state index contributed by atoms with van der Waals surface area (Å²) in [4.78, 5) is 0. The summed E-state index contributed by atoms with van der Waals surface area (Å²) in [6, 6.07) is 5.45. The molecule has 0 aliphatic carbocycles. The molecule has 3 nitrogen and oxygen atoms in total. The van der Waals surface area contributed by atoms with Crippen molar-refractivity contribution in [1.82, 2.24) is 0 Å². The summed E-state index contributed by atoms with van der Waals surface area (Å²) in [6.45, 7) is 2.60. The van der Waals surface area contributed by atoms with Crippen LogP contribution in [0.25, 0.3) is 0 Å². The second-order valence-corrected chi connectivity index (χ2v) is 4.93. The van der Waals surface area contributed by atoms with Crippen molar-refractivity contribution >= 4 is 11.6 Å². The van der Waals surface area contributed by atoms with E-state index < -0.39 is 0 Å². The van der Waals surface area contributed by atoms with Crippen LogP contribution in [0, 0.1) is 6.92 Å². The normalized spacial score (nSPS) is 15.3. The molecule has 18 heavy (non-hydrogen) atoms. The molecular formula is C14H14ClNO2. The molecule has 2 heterocycles. The Balaban J connectivity index is 2.10. The van der Waals surface area contributed by atoms with Crippen molar-refractivity contribution in [3.05, 3.63) is 51.9 Å². The molecule has 0 amide bonds. The largest absolute Gasteiger partial charge is 0.493 e. The maximum Gasteiger partial charge on any atom is 0.127 e. The van der Waals surface area contributed by atoms with Crippen molar-refractivity contribution in [3.8, 4) is 5.75 Å². The summed E-state index contributed by atoms with van der Waals surface area (Å²) in [5.74, 6) is 1.71. The molecular weight excluding hydrogens is 250 g/mol. The lowest BCUT2D eigenvalue weighted by atomic mass is 9.97. The standard InChI is InChI=1S/C14H14ClNO2/c1-8-11(3-5-17-8)13(16)12-7-10(15)6-9-2-4-18-14(9)12/h3,5-7,13H,2,4,16H2,1H3. The first-order valence-electron chi connectivity index (χ1n) is 5.91. The molecule has 3 rings (SSSR count). The molecule has 1 unspecified atom stereocenters. The fourth-order valence-electron chi connectivity index (χ4n) is 2.41. The molecule has 1 aliphatic rings. The molecule has 4 heteroatoms. The summed E-state index contributed by atoms with van der Waals surface area (Å²) in [5, 5.41) is 0.700. The van der Waals surface area contributed by atoms with Gasteiger partial charge in [-0.05, 0) is 30.7 Å². The van der Waals surface area contributed by atoms with E-state index in [4.69, 9.17) is 26.5 Å². The quantitative estimate of drug-likeness (QED) is 0.905. The average Bonchev–Trinajstić information content (AvgIpc) is 2.95. The number of nitrogens with two attached hydrogens (primary N) is 1. The van der Waals surface area contributed by atoms with Gasteiger partial charge in [0, 0.05) is 22.6 Å². The lowest BCUT2D eigenvalue weighted by Crippen LogP contribution is -2.13. The Morgan fingerprint density at radius 3 is 2.89 bits per heavy atom. The van der Waals surface area contributed by atoms with E-state index in [1.54, 1.807) is 6.26 Å². The highest BCUT2D eigenvalue weighted by Crippen LogP contribution is 2.38. The van der Waals surface area contributed by atoms with Crippen molar-refractivity contribution in [3.63, 3.8) is 0 Å². The van der Waals surface area contributed by atoms with Crippen LogP contribution in [0.4, 0.5) is 0 Å². The Hall–Kier alpha value is -1.45. The van der Waals surface area contributed by atoms with E-state index in [-0.39, 0.29) is 6.04 Å². The molecule has 94 valence electrons. The van der Waals surface area contributed by atoms with E-state index in [9.17, 15) is 0 Å². The first kappa shape index (κ1) is 11.6. The smallest absolute Gasteiger partial charge is 0.127 e. The van der Waals surface area contributed by atoms with Gasteiger partial charge >= 0.3 is 0 Å². The van der Waals surface area contributed by atoms with Crippen LogP contribution in [0.1, 0.15) is 28.5 Å². The minimum atomic E-state index is -0.269. The first-order chi connectivity index (χ1) is 8.66. The van der Waals surface area contributed by atoms with Gasteiger partial charge in [0.1, 0.15) is 11.5 Å². The zero-order valence-electron chi connectivity index (χ0n) is 10.1. The van der Waals surface area contributed by atoms with Gasteiger partial charge in [-0.3, -0.25) is 0 Å². The van der Waals surface area contributed by atoms with Gasteiger partial charge in [0.15, 0.2) is 0 Å². The Morgan fingerprint density at radius 2 is 2.17 bits per heavy atom. The minimum absolute atomic E-state index is 0.269. The number of ether oxygens (including phenoxy) is 1. The summed E-state index contributed by atoms with van der Waals surface area (Å²) >= 11 is 6.14. The van der Waals surface area contributed by atoms with E-state index in [1.165, 1.54) is 0 Å². The Bertz CT molecular complexity index is 591. The second-order valence-electron chi connectivity index (χ2n) is 4.49. The van der Waals surface area contributed by atoms with Crippen LogP contribution in [-0.4, -0.2) is 6.61 Å². The molecule has 1 aliphatic heterocycles. The highest BCUT2D eigenvalue weighted by molar-refractivity contribution is 6.30. The third-order valence-electron chi connectivity index (χ3n) is 3.35. The van der Waals surface area contributed by atoms with Crippen LogP contribution in [0.5, 0.6) is 5.75 Å². The SMILES string of the molecule is Cc1occc1C(N)c1cc(Cl)cc2c1OCC2. The summed E-state index contributed by atoms with van der Waals surface area (Å²) in [6.07, 6.45) is 2.54. The van der Waals surface area contributed by atoms with E-state index >= 15 is 0 Å². The van der Waals surface area contributed by atoms with Crippen molar-refractivity contribution in [2.45, 2.75) is 19.4 Å². The Labute approximate surface area is 110 Å². The summed E-state index contributed by atoms with van der Waals surface area (Å²) in [5.41, 5.74) is 9.34. The number of rotatable bonds is 2. The third kappa shape index (κ3) is 1.80. The van der Waals surface area contributed by atoms with Crippen molar-refractivity contribution in [2.75, 3.05) is 6.61 Å². The van der Waals surface area contributed by atoms with E-state index in [0.29, 0.717) is 11.6 Å². The van der Waals surface area contributed by atoms with Crippen molar-refractivity contribution in [2.24, 2.45) is 5.73 Å². The molecule has 1 aromatic carbocycles. The van der Waals surface area contributed by atoms with E-state index in [1.807, 2.05) is 25.1 Å².